The van der Waals surface area contributed by atoms with Crippen LogP contribution in [0.5, 0.6) is 0 Å². The molecule has 1 aromatic carbocycles. The van der Waals surface area contributed by atoms with E-state index in [4.69, 9.17) is 5.73 Å². The van der Waals surface area contributed by atoms with Crippen molar-refractivity contribution < 1.29 is 13.2 Å². The van der Waals surface area contributed by atoms with Crippen molar-refractivity contribution in [1.82, 2.24) is 4.90 Å². The zero-order chi connectivity index (χ0) is 15.0. The van der Waals surface area contributed by atoms with Crippen molar-refractivity contribution in [3.63, 3.8) is 0 Å². The van der Waals surface area contributed by atoms with Gasteiger partial charge in [-0.2, -0.15) is 13.2 Å². The molecule has 2 nitrogen and oxygen atoms in total. The lowest BCUT2D eigenvalue weighted by molar-refractivity contribution is -0.136. The average molecular weight is 286 g/mol. The number of fused-ring (bicyclic) bond motifs is 1. The second-order valence-corrected chi connectivity index (χ2v) is 6.23. The fourth-order valence-corrected chi connectivity index (χ4v) is 3.01. The molecule has 0 spiro atoms. The molecule has 1 aliphatic heterocycles. The molecule has 0 aromatic heterocycles. The van der Waals surface area contributed by atoms with E-state index in [0.717, 1.165) is 12.1 Å². The Morgan fingerprint density at radius 2 is 2.00 bits per heavy atom. The van der Waals surface area contributed by atoms with Crippen molar-refractivity contribution in [2.24, 2.45) is 0 Å². The summed E-state index contributed by atoms with van der Waals surface area (Å²) >= 11 is 0. The summed E-state index contributed by atoms with van der Waals surface area (Å²) in [6.07, 6.45) is -4.63. The zero-order valence-corrected chi connectivity index (χ0v) is 11.9. The molecule has 20 heavy (non-hydrogen) atoms. The molecule has 0 saturated heterocycles. The first-order valence-corrected chi connectivity index (χ1v) is 6.85. The standard InChI is InChI=1S/C15H21F3N2/c1-14(2)10-20(7-3-6-15(16,17)18)9-11-8-12(19)4-5-13(11)14/h4-5,8H,3,6-7,9-10,19H2,1-2H3. The first-order valence-electron chi connectivity index (χ1n) is 6.85. The predicted octanol–water partition coefficient (Wildman–Crippen LogP) is 3.70. The van der Waals surface area contributed by atoms with Crippen molar-refractivity contribution in [2.75, 3.05) is 18.8 Å². The summed E-state index contributed by atoms with van der Waals surface area (Å²) in [6.45, 7) is 6.18. The molecule has 0 bridgehead atoms. The van der Waals surface area contributed by atoms with Gasteiger partial charge in [0.15, 0.2) is 0 Å². The van der Waals surface area contributed by atoms with Crippen LogP contribution < -0.4 is 5.73 Å². The van der Waals surface area contributed by atoms with Crippen LogP contribution in [0.2, 0.25) is 0 Å². The fourth-order valence-electron chi connectivity index (χ4n) is 3.01. The van der Waals surface area contributed by atoms with E-state index in [1.54, 1.807) is 0 Å². The SMILES string of the molecule is CC1(C)CN(CCCC(F)(F)F)Cc2cc(N)ccc21. The van der Waals surface area contributed by atoms with Crippen molar-refractivity contribution in [3.8, 4) is 0 Å². The predicted molar refractivity (Wildman–Crippen MR) is 74.4 cm³/mol. The van der Waals surface area contributed by atoms with Crippen molar-refractivity contribution in [2.45, 2.75) is 44.8 Å². The molecule has 2 rings (SSSR count). The number of nitrogens with two attached hydrogens (primary N) is 1. The van der Waals surface area contributed by atoms with Crippen molar-refractivity contribution in [3.05, 3.63) is 29.3 Å². The lowest BCUT2D eigenvalue weighted by Crippen LogP contribution is -2.42. The molecular weight excluding hydrogens is 265 g/mol. The second kappa shape index (κ2) is 5.28. The van der Waals surface area contributed by atoms with E-state index in [1.165, 1.54) is 5.56 Å². The second-order valence-electron chi connectivity index (χ2n) is 6.23. The van der Waals surface area contributed by atoms with Crippen LogP contribution in [-0.2, 0) is 12.0 Å². The summed E-state index contributed by atoms with van der Waals surface area (Å²) in [5, 5.41) is 0. The van der Waals surface area contributed by atoms with Gasteiger partial charge in [-0.25, -0.2) is 0 Å². The largest absolute Gasteiger partial charge is 0.399 e. The van der Waals surface area contributed by atoms with E-state index in [0.29, 0.717) is 18.8 Å². The summed E-state index contributed by atoms with van der Waals surface area (Å²) in [5.74, 6) is 0. The first kappa shape index (κ1) is 15.2. The first-order chi connectivity index (χ1) is 9.17. The minimum absolute atomic E-state index is 0.0560. The van der Waals surface area contributed by atoms with Gasteiger partial charge in [0.2, 0.25) is 0 Å². The van der Waals surface area contributed by atoms with E-state index in [1.807, 2.05) is 18.2 Å². The molecule has 1 heterocycles. The van der Waals surface area contributed by atoms with Gasteiger partial charge in [-0.05, 0) is 36.2 Å². The molecule has 0 aliphatic carbocycles. The third kappa shape index (κ3) is 3.66. The van der Waals surface area contributed by atoms with E-state index in [9.17, 15) is 13.2 Å². The van der Waals surface area contributed by atoms with Gasteiger partial charge >= 0.3 is 6.18 Å². The van der Waals surface area contributed by atoms with Gasteiger partial charge in [-0.15, -0.1) is 0 Å². The van der Waals surface area contributed by atoms with Crippen LogP contribution in [0.4, 0.5) is 18.9 Å². The number of nitrogen functional groups attached to an aromatic ring is 1. The van der Waals surface area contributed by atoms with Crippen LogP contribution in [0.15, 0.2) is 18.2 Å². The fraction of sp³-hybridized carbons (Fsp3) is 0.600. The lowest BCUT2D eigenvalue weighted by atomic mass is 9.78. The Hall–Kier alpha value is -1.23. The number of benzene rings is 1. The number of anilines is 1. The Kier molecular flexibility index (Phi) is 4.00. The van der Waals surface area contributed by atoms with Gasteiger partial charge in [0.1, 0.15) is 0 Å². The van der Waals surface area contributed by atoms with Crippen LogP contribution in [-0.4, -0.2) is 24.2 Å². The number of rotatable bonds is 3. The Morgan fingerprint density at radius 3 is 2.65 bits per heavy atom. The van der Waals surface area contributed by atoms with Crippen LogP contribution in [0.3, 0.4) is 0 Å². The molecular formula is C15H21F3N2. The molecule has 0 unspecified atom stereocenters. The smallest absolute Gasteiger partial charge is 0.389 e. The monoisotopic (exact) mass is 286 g/mol. The van der Waals surface area contributed by atoms with E-state index >= 15 is 0 Å². The summed E-state index contributed by atoms with van der Waals surface area (Å²) in [4.78, 5) is 2.09. The average Bonchev–Trinajstić information content (AvgIpc) is 2.25. The van der Waals surface area contributed by atoms with E-state index in [2.05, 4.69) is 18.7 Å². The molecule has 0 atom stereocenters. The number of nitrogens with zero attached hydrogens (tertiary/aromatic N) is 1. The third-order valence-corrected chi connectivity index (χ3v) is 3.81. The van der Waals surface area contributed by atoms with Gasteiger partial charge in [0.25, 0.3) is 0 Å². The van der Waals surface area contributed by atoms with Gasteiger partial charge < -0.3 is 5.73 Å². The Labute approximate surface area is 117 Å². The number of alkyl halides is 3. The minimum atomic E-state index is -4.06. The maximum absolute atomic E-state index is 12.2. The maximum Gasteiger partial charge on any atom is 0.389 e. The van der Waals surface area contributed by atoms with E-state index in [-0.39, 0.29) is 11.8 Å². The van der Waals surface area contributed by atoms with Gasteiger partial charge in [0.05, 0.1) is 0 Å². The Balaban J connectivity index is 2.06. The number of halogens is 3. The van der Waals surface area contributed by atoms with Crippen LogP contribution >= 0.6 is 0 Å². The highest BCUT2D eigenvalue weighted by Gasteiger charge is 2.32. The minimum Gasteiger partial charge on any atom is -0.399 e. The van der Waals surface area contributed by atoms with Crippen molar-refractivity contribution >= 4 is 5.69 Å². The highest BCUT2D eigenvalue weighted by Crippen LogP contribution is 2.34. The molecule has 0 radical (unpaired) electrons. The van der Waals surface area contributed by atoms with E-state index < -0.39 is 12.6 Å². The molecule has 5 heteroatoms. The molecule has 0 saturated carbocycles. The molecule has 1 aromatic rings. The molecule has 112 valence electrons. The van der Waals surface area contributed by atoms with Crippen LogP contribution in [0.25, 0.3) is 0 Å². The molecule has 2 N–H and O–H groups in total. The normalized spacial score (nSPS) is 18.9. The molecule has 0 amide bonds. The van der Waals surface area contributed by atoms with Gasteiger partial charge in [-0.1, -0.05) is 19.9 Å². The number of hydrogen-bond donors (Lipinski definition) is 1. The highest BCUT2D eigenvalue weighted by atomic mass is 19.4. The zero-order valence-electron chi connectivity index (χ0n) is 11.9. The van der Waals surface area contributed by atoms with Crippen LogP contribution in [0, 0.1) is 0 Å². The number of hydrogen-bond acceptors (Lipinski definition) is 2. The quantitative estimate of drug-likeness (QED) is 0.858. The third-order valence-electron chi connectivity index (χ3n) is 3.81. The summed E-state index contributed by atoms with van der Waals surface area (Å²) in [5.41, 5.74) is 8.84. The summed E-state index contributed by atoms with van der Waals surface area (Å²) in [6, 6.07) is 5.87. The molecule has 0 fully saturated rings. The lowest BCUT2D eigenvalue weighted by Gasteiger charge is -2.40. The Morgan fingerprint density at radius 1 is 1.30 bits per heavy atom. The molecule has 1 aliphatic rings. The maximum atomic E-state index is 12.2. The summed E-state index contributed by atoms with van der Waals surface area (Å²) in [7, 11) is 0. The highest BCUT2D eigenvalue weighted by molar-refractivity contribution is 5.48. The topological polar surface area (TPSA) is 29.3 Å². The Bertz CT molecular complexity index is 480. The van der Waals surface area contributed by atoms with Crippen LogP contribution in [0.1, 0.15) is 37.8 Å². The van der Waals surface area contributed by atoms with Gasteiger partial charge in [-0.3, -0.25) is 4.90 Å². The van der Waals surface area contributed by atoms with Gasteiger partial charge in [0, 0.05) is 30.6 Å². The summed E-state index contributed by atoms with van der Waals surface area (Å²) < 4.78 is 36.7. The van der Waals surface area contributed by atoms with Crippen molar-refractivity contribution in [1.29, 1.82) is 0 Å².